The smallest absolute Gasteiger partial charge is 0.227 e. The van der Waals surface area contributed by atoms with Crippen LogP contribution in [0.5, 0.6) is 5.75 Å². The van der Waals surface area contributed by atoms with Crippen molar-refractivity contribution in [1.29, 1.82) is 0 Å². The number of amides is 3. The highest BCUT2D eigenvalue weighted by Gasteiger charge is 2.36. The van der Waals surface area contributed by atoms with Crippen LogP contribution in [0.3, 0.4) is 0 Å². The number of hydrogen-bond acceptors (Lipinski definition) is 4. The molecule has 7 heteroatoms. The number of nitrogens with zero attached hydrogens (tertiary/aromatic N) is 2. The number of piperidine rings is 2. The summed E-state index contributed by atoms with van der Waals surface area (Å²) in [4.78, 5) is 42.2. The maximum absolute atomic E-state index is 13.1. The normalized spacial score (nSPS) is 20.3. The maximum Gasteiger partial charge on any atom is 0.227 e. The van der Waals surface area contributed by atoms with E-state index in [2.05, 4.69) is 5.32 Å². The fraction of sp³-hybridized carbons (Fsp3) is 0.625. The van der Waals surface area contributed by atoms with Gasteiger partial charge in [-0.25, -0.2) is 0 Å². The van der Waals surface area contributed by atoms with Crippen LogP contribution < -0.4 is 10.1 Å². The number of nitrogens with one attached hydrogen (secondary N) is 1. The van der Waals surface area contributed by atoms with Crippen LogP contribution in [0, 0.1) is 17.3 Å². The topological polar surface area (TPSA) is 79.0 Å². The Morgan fingerprint density at radius 3 is 2.29 bits per heavy atom. The first kappa shape index (κ1) is 23.1. The molecule has 31 heavy (non-hydrogen) atoms. The Labute approximate surface area is 185 Å². The average molecular weight is 430 g/mol. The highest BCUT2D eigenvalue weighted by Crippen LogP contribution is 2.28. The molecule has 0 bridgehead atoms. The second kappa shape index (κ2) is 9.71. The van der Waals surface area contributed by atoms with Gasteiger partial charge in [0.1, 0.15) is 5.75 Å². The summed E-state index contributed by atoms with van der Waals surface area (Å²) in [6.45, 7) is 8.14. The van der Waals surface area contributed by atoms with Crippen LogP contribution in [0.1, 0.15) is 46.5 Å². The Bertz CT molecular complexity index is 809. The number of carbonyl (C=O) groups is 3. The molecule has 1 aromatic carbocycles. The van der Waals surface area contributed by atoms with Gasteiger partial charge in [0.2, 0.25) is 17.7 Å². The molecule has 0 saturated carbocycles. The number of likely N-dealkylation sites (tertiary alicyclic amines) is 2. The van der Waals surface area contributed by atoms with Crippen molar-refractivity contribution in [1.82, 2.24) is 9.80 Å². The number of benzene rings is 1. The molecular weight excluding hydrogens is 394 g/mol. The summed E-state index contributed by atoms with van der Waals surface area (Å²) in [6.07, 6.45) is 2.96. The van der Waals surface area contributed by atoms with Crippen molar-refractivity contribution in [2.45, 2.75) is 46.5 Å². The van der Waals surface area contributed by atoms with Crippen molar-refractivity contribution in [3.63, 3.8) is 0 Å². The molecule has 0 spiro atoms. The van der Waals surface area contributed by atoms with Gasteiger partial charge < -0.3 is 19.9 Å². The van der Waals surface area contributed by atoms with Crippen molar-refractivity contribution >= 4 is 23.4 Å². The van der Waals surface area contributed by atoms with Crippen LogP contribution in [0.15, 0.2) is 24.3 Å². The lowest BCUT2D eigenvalue weighted by Gasteiger charge is -2.39. The number of carbonyl (C=O) groups excluding carboxylic acids is 3. The van der Waals surface area contributed by atoms with E-state index in [1.807, 2.05) is 54.8 Å². The number of hydrogen-bond donors (Lipinski definition) is 1. The predicted molar refractivity (Wildman–Crippen MR) is 120 cm³/mol. The summed E-state index contributed by atoms with van der Waals surface area (Å²) in [7, 11) is 1.58. The van der Waals surface area contributed by atoms with Crippen molar-refractivity contribution in [3.05, 3.63) is 24.3 Å². The van der Waals surface area contributed by atoms with E-state index in [4.69, 9.17) is 4.74 Å². The number of para-hydroxylation sites is 2. The van der Waals surface area contributed by atoms with Crippen LogP contribution in [0.4, 0.5) is 5.69 Å². The summed E-state index contributed by atoms with van der Waals surface area (Å²) in [5, 5.41) is 2.96. The van der Waals surface area contributed by atoms with E-state index in [9.17, 15) is 14.4 Å². The standard InChI is InChI=1S/C24H35N3O4/c1-24(2,3)23(30)27-13-7-8-18(16-27)22(29)26-14-11-17(12-15-26)21(28)25-19-9-5-6-10-20(19)31-4/h5-6,9-10,17-18H,7-8,11-16H2,1-4H3,(H,25,28). The molecule has 2 aliphatic heterocycles. The quantitative estimate of drug-likeness (QED) is 0.797. The summed E-state index contributed by atoms with van der Waals surface area (Å²) < 4.78 is 5.30. The van der Waals surface area contributed by atoms with Gasteiger partial charge in [-0.05, 0) is 37.8 Å². The van der Waals surface area contributed by atoms with Gasteiger partial charge in [0, 0.05) is 37.5 Å². The largest absolute Gasteiger partial charge is 0.495 e. The number of ether oxygens (including phenoxy) is 1. The summed E-state index contributed by atoms with van der Waals surface area (Å²) in [5.41, 5.74) is 0.234. The van der Waals surface area contributed by atoms with Crippen molar-refractivity contribution in [2.24, 2.45) is 17.3 Å². The highest BCUT2D eigenvalue weighted by atomic mass is 16.5. The first-order valence-corrected chi connectivity index (χ1v) is 11.2. The van der Waals surface area contributed by atoms with Gasteiger partial charge in [-0.1, -0.05) is 32.9 Å². The van der Waals surface area contributed by atoms with Gasteiger partial charge in [-0.15, -0.1) is 0 Å². The van der Waals surface area contributed by atoms with Gasteiger partial charge in [-0.2, -0.15) is 0 Å². The molecule has 3 amide bonds. The van der Waals surface area contributed by atoms with Crippen molar-refractivity contribution in [3.8, 4) is 5.75 Å². The predicted octanol–water partition coefficient (Wildman–Crippen LogP) is 3.16. The van der Waals surface area contributed by atoms with Crippen LogP contribution >= 0.6 is 0 Å². The van der Waals surface area contributed by atoms with Crippen LogP contribution in [0.2, 0.25) is 0 Å². The van der Waals surface area contributed by atoms with Crippen LogP contribution in [0.25, 0.3) is 0 Å². The van der Waals surface area contributed by atoms with Crippen LogP contribution in [-0.4, -0.2) is 60.8 Å². The molecule has 0 aliphatic carbocycles. The molecule has 1 unspecified atom stereocenters. The molecule has 3 rings (SSSR count). The lowest BCUT2D eigenvalue weighted by Crippen LogP contribution is -2.51. The number of methoxy groups -OCH3 is 1. The molecule has 0 radical (unpaired) electrons. The summed E-state index contributed by atoms with van der Waals surface area (Å²) in [5.74, 6) is 0.566. The minimum atomic E-state index is -0.432. The molecule has 1 N–H and O–H groups in total. The fourth-order valence-corrected chi connectivity index (χ4v) is 4.44. The van der Waals surface area contributed by atoms with E-state index in [-0.39, 0.29) is 29.6 Å². The minimum absolute atomic E-state index is 0.0313. The molecular formula is C24H35N3O4. The van der Waals surface area contributed by atoms with Gasteiger partial charge in [0.25, 0.3) is 0 Å². The summed E-state index contributed by atoms with van der Waals surface area (Å²) in [6, 6.07) is 7.36. The van der Waals surface area contributed by atoms with Gasteiger partial charge in [0.05, 0.1) is 18.7 Å². The molecule has 0 aromatic heterocycles. The Kier molecular flexibility index (Phi) is 7.23. The lowest BCUT2D eigenvalue weighted by atomic mass is 9.89. The first-order valence-electron chi connectivity index (χ1n) is 11.2. The van der Waals surface area contributed by atoms with Crippen LogP contribution in [-0.2, 0) is 14.4 Å². The zero-order valence-electron chi connectivity index (χ0n) is 19.1. The molecule has 2 heterocycles. The number of rotatable bonds is 4. The molecule has 1 atom stereocenters. The SMILES string of the molecule is COc1ccccc1NC(=O)C1CCN(C(=O)C2CCCN(C(=O)C(C)(C)C)C2)CC1. The van der Waals surface area contributed by atoms with Gasteiger partial charge in [0.15, 0.2) is 0 Å². The van der Waals surface area contributed by atoms with E-state index in [1.54, 1.807) is 7.11 Å². The van der Waals surface area contributed by atoms with Crippen molar-refractivity contribution in [2.75, 3.05) is 38.6 Å². The van der Waals surface area contributed by atoms with E-state index in [0.717, 1.165) is 19.4 Å². The fourth-order valence-electron chi connectivity index (χ4n) is 4.44. The van der Waals surface area contributed by atoms with E-state index in [1.165, 1.54) is 0 Å². The molecule has 2 aliphatic rings. The highest BCUT2D eigenvalue weighted by molar-refractivity contribution is 5.94. The van der Waals surface area contributed by atoms with E-state index in [0.29, 0.717) is 43.9 Å². The first-order chi connectivity index (χ1) is 14.7. The van der Waals surface area contributed by atoms with Gasteiger partial charge in [-0.3, -0.25) is 14.4 Å². The Morgan fingerprint density at radius 1 is 0.968 bits per heavy atom. The second-order valence-electron chi connectivity index (χ2n) is 9.63. The van der Waals surface area contributed by atoms with E-state index < -0.39 is 5.41 Å². The third-order valence-electron chi connectivity index (χ3n) is 6.24. The second-order valence-corrected chi connectivity index (χ2v) is 9.63. The molecule has 1 aromatic rings. The zero-order chi connectivity index (χ0) is 22.6. The van der Waals surface area contributed by atoms with Gasteiger partial charge >= 0.3 is 0 Å². The Hall–Kier alpha value is -2.57. The Morgan fingerprint density at radius 2 is 1.65 bits per heavy atom. The third-order valence-corrected chi connectivity index (χ3v) is 6.24. The minimum Gasteiger partial charge on any atom is -0.495 e. The average Bonchev–Trinajstić information content (AvgIpc) is 2.78. The molecule has 2 fully saturated rings. The number of anilines is 1. The third kappa shape index (κ3) is 5.57. The zero-order valence-corrected chi connectivity index (χ0v) is 19.1. The van der Waals surface area contributed by atoms with E-state index >= 15 is 0 Å². The monoisotopic (exact) mass is 429 g/mol. The molecule has 170 valence electrons. The molecule has 2 saturated heterocycles. The maximum atomic E-state index is 13.1. The van der Waals surface area contributed by atoms with Crippen molar-refractivity contribution < 1.29 is 19.1 Å². The lowest BCUT2D eigenvalue weighted by molar-refractivity contribution is -0.146. The summed E-state index contributed by atoms with van der Waals surface area (Å²) >= 11 is 0. The Balaban J connectivity index is 1.52. The molecule has 7 nitrogen and oxygen atoms in total.